The maximum absolute atomic E-state index is 13.9. The Labute approximate surface area is 124 Å². The number of H-pyrrole nitrogens is 1. The molecule has 5 N–H and O–H groups in total. The van der Waals surface area contributed by atoms with Crippen molar-refractivity contribution < 1.29 is 33.0 Å². The number of hydrogen-bond acceptors (Lipinski definition) is 4. The van der Waals surface area contributed by atoms with Crippen LogP contribution in [0.5, 0.6) is 0 Å². The fourth-order valence-corrected chi connectivity index (χ4v) is 2.04. The molecule has 0 unspecified atom stereocenters. The minimum atomic E-state index is -1.95. The van der Waals surface area contributed by atoms with Gasteiger partial charge in [0.15, 0.2) is 17.5 Å². The van der Waals surface area contributed by atoms with Crippen LogP contribution in [0.4, 0.5) is 19.0 Å². The molecule has 1 aromatic carbocycles. The molecule has 0 saturated carbocycles. The van der Waals surface area contributed by atoms with Crippen molar-refractivity contribution in [2.24, 2.45) is 0 Å². The molecule has 23 heavy (non-hydrogen) atoms. The van der Waals surface area contributed by atoms with Gasteiger partial charge in [-0.05, 0) is 12.1 Å². The van der Waals surface area contributed by atoms with Gasteiger partial charge in [0.2, 0.25) is 0 Å². The molecule has 0 atom stereocenters. The Bertz CT molecular complexity index is 907. The zero-order valence-corrected chi connectivity index (χ0v) is 11.0. The van der Waals surface area contributed by atoms with E-state index < -0.39 is 63.0 Å². The van der Waals surface area contributed by atoms with Crippen LogP contribution in [0.15, 0.2) is 16.9 Å². The standard InChI is InChI=1S/C13H7F3N2O5/c14-4-2-1-3(8(15)9(4)16)5-6(12(20)21)10(17)18-11(19)7(5)13(22)23/h1-2H,(H,20,21)(H,22,23)(H3,17,18,19). The molecule has 0 amide bonds. The Kier molecular flexibility index (Phi) is 3.83. The van der Waals surface area contributed by atoms with E-state index in [1.54, 1.807) is 4.98 Å². The van der Waals surface area contributed by atoms with Crippen LogP contribution in [0.1, 0.15) is 20.7 Å². The van der Waals surface area contributed by atoms with Gasteiger partial charge in [0.1, 0.15) is 16.9 Å². The molecule has 2 rings (SSSR count). The van der Waals surface area contributed by atoms with E-state index in [1.165, 1.54) is 0 Å². The highest BCUT2D eigenvalue weighted by Crippen LogP contribution is 2.32. The van der Waals surface area contributed by atoms with Gasteiger partial charge in [-0.2, -0.15) is 0 Å². The number of nitrogens with one attached hydrogen (secondary N) is 1. The van der Waals surface area contributed by atoms with Crippen LogP contribution >= 0.6 is 0 Å². The van der Waals surface area contributed by atoms with Gasteiger partial charge in [0, 0.05) is 11.1 Å². The number of pyridine rings is 1. The van der Waals surface area contributed by atoms with Crippen LogP contribution in [0.3, 0.4) is 0 Å². The molecule has 2 aromatic rings. The summed E-state index contributed by atoms with van der Waals surface area (Å²) in [4.78, 5) is 36.0. The number of carbonyl (C=O) groups is 2. The molecule has 0 bridgehead atoms. The third-order valence-electron chi connectivity index (χ3n) is 2.98. The van der Waals surface area contributed by atoms with Gasteiger partial charge in [0.05, 0.1) is 0 Å². The monoisotopic (exact) mass is 328 g/mol. The van der Waals surface area contributed by atoms with Crippen LogP contribution in [-0.2, 0) is 0 Å². The van der Waals surface area contributed by atoms with Gasteiger partial charge >= 0.3 is 11.9 Å². The molecular weight excluding hydrogens is 321 g/mol. The van der Waals surface area contributed by atoms with Crippen molar-refractivity contribution in [1.29, 1.82) is 0 Å². The van der Waals surface area contributed by atoms with Crippen LogP contribution < -0.4 is 11.3 Å². The van der Waals surface area contributed by atoms with Gasteiger partial charge in [-0.3, -0.25) is 4.79 Å². The highest BCUT2D eigenvalue weighted by molar-refractivity contribution is 6.07. The third-order valence-corrected chi connectivity index (χ3v) is 2.98. The topological polar surface area (TPSA) is 133 Å². The number of carboxylic acid groups (broad SMARTS) is 2. The summed E-state index contributed by atoms with van der Waals surface area (Å²) in [6, 6.07) is 1.07. The second-order valence-electron chi connectivity index (χ2n) is 4.33. The molecule has 1 heterocycles. The predicted octanol–water partition coefficient (Wildman–Crippen LogP) is 1.44. The minimum Gasteiger partial charge on any atom is -0.478 e. The first-order valence-corrected chi connectivity index (χ1v) is 5.83. The number of hydrogen-bond donors (Lipinski definition) is 4. The molecule has 0 spiro atoms. The number of aromatic nitrogens is 1. The van der Waals surface area contributed by atoms with Crippen molar-refractivity contribution in [2.45, 2.75) is 0 Å². The molecule has 0 fully saturated rings. The lowest BCUT2D eigenvalue weighted by molar-refractivity contribution is 0.0695. The van der Waals surface area contributed by atoms with Crippen molar-refractivity contribution in [2.75, 3.05) is 5.73 Å². The van der Waals surface area contributed by atoms with E-state index in [1.807, 2.05) is 0 Å². The summed E-state index contributed by atoms with van der Waals surface area (Å²) in [5.41, 5.74) is 0.0147. The fraction of sp³-hybridized carbons (Fsp3) is 0. The Hall–Kier alpha value is -3.30. The molecule has 120 valence electrons. The molecule has 0 aliphatic rings. The molecule has 0 radical (unpaired) electrons. The number of anilines is 1. The lowest BCUT2D eigenvalue weighted by Gasteiger charge is -2.13. The Balaban J connectivity index is 3.07. The molecule has 1 aromatic heterocycles. The van der Waals surface area contributed by atoms with Crippen LogP contribution in [0.25, 0.3) is 11.1 Å². The van der Waals surface area contributed by atoms with E-state index in [9.17, 15) is 27.6 Å². The molecular formula is C13H7F3N2O5. The van der Waals surface area contributed by atoms with Crippen molar-refractivity contribution in [3.63, 3.8) is 0 Å². The van der Waals surface area contributed by atoms with E-state index in [2.05, 4.69) is 0 Å². The van der Waals surface area contributed by atoms with Crippen LogP contribution in [-0.4, -0.2) is 27.1 Å². The van der Waals surface area contributed by atoms with Crippen molar-refractivity contribution in [3.8, 4) is 11.1 Å². The number of aromatic carboxylic acids is 2. The number of benzene rings is 1. The summed E-state index contributed by atoms with van der Waals surface area (Å²) in [5.74, 6) is -9.81. The molecule has 0 aliphatic carbocycles. The Morgan fingerprint density at radius 1 is 1.00 bits per heavy atom. The summed E-state index contributed by atoms with van der Waals surface area (Å²) in [6.45, 7) is 0. The lowest BCUT2D eigenvalue weighted by atomic mass is 9.95. The van der Waals surface area contributed by atoms with Crippen molar-refractivity contribution in [3.05, 3.63) is 51.1 Å². The first kappa shape index (κ1) is 16.1. The van der Waals surface area contributed by atoms with E-state index in [4.69, 9.17) is 15.9 Å². The summed E-state index contributed by atoms with van der Waals surface area (Å²) >= 11 is 0. The number of aromatic amines is 1. The molecule has 10 heteroatoms. The van der Waals surface area contributed by atoms with Gasteiger partial charge < -0.3 is 20.9 Å². The molecule has 7 nitrogen and oxygen atoms in total. The van der Waals surface area contributed by atoms with Gasteiger partial charge in [-0.25, -0.2) is 22.8 Å². The quantitative estimate of drug-likeness (QED) is 0.630. The third kappa shape index (κ3) is 2.50. The second-order valence-corrected chi connectivity index (χ2v) is 4.33. The number of nitrogen functional groups attached to an aromatic ring is 1. The maximum atomic E-state index is 13.9. The first-order chi connectivity index (χ1) is 10.7. The molecule has 0 saturated heterocycles. The van der Waals surface area contributed by atoms with Crippen LogP contribution in [0.2, 0.25) is 0 Å². The zero-order valence-electron chi connectivity index (χ0n) is 11.0. The minimum absolute atomic E-state index is 0.461. The van der Waals surface area contributed by atoms with E-state index in [0.717, 1.165) is 0 Å². The largest absolute Gasteiger partial charge is 0.478 e. The highest BCUT2D eigenvalue weighted by Gasteiger charge is 2.29. The van der Waals surface area contributed by atoms with E-state index in [0.29, 0.717) is 12.1 Å². The summed E-state index contributed by atoms with van der Waals surface area (Å²) in [6.07, 6.45) is 0. The second kappa shape index (κ2) is 5.48. The zero-order chi connectivity index (χ0) is 17.5. The van der Waals surface area contributed by atoms with Gasteiger partial charge in [0.25, 0.3) is 5.56 Å². The number of carboxylic acids is 2. The average Bonchev–Trinajstić information content (AvgIpc) is 2.43. The lowest BCUT2D eigenvalue weighted by Crippen LogP contribution is -2.24. The van der Waals surface area contributed by atoms with Gasteiger partial charge in [-0.15, -0.1) is 0 Å². The SMILES string of the molecule is Nc1[nH]c(=O)c(C(=O)O)c(-c2ccc(F)c(F)c2F)c1C(=O)O. The van der Waals surface area contributed by atoms with Gasteiger partial charge in [-0.1, -0.05) is 0 Å². The van der Waals surface area contributed by atoms with Crippen molar-refractivity contribution in [1.82, 2.24) is 4.98 Å². The first-order valence-electron chi connectivity index (χ1n) is 5.83. The van der Waals surface area contributed by atoms with E-state index >= 15 is 0 Å². The molecule has 0 aliphatic heterocycles. The smallest absolute Gasteiger partial charge is 0.342 e. The van der Waals surface area contributed by atoms with Crippen molar-refractivity contribution >= 4 is 17.8 Å². The summed E-state index contributed by atoms with van der Waals surface area (Å²) in [7, 11) is 0. The summed E-state index contributed by atoms with van der Waals surface area (Å²) < 4.78 is 40.3. The normalized spacial score (nSPS) is 10.6. The summed E-state index contributed by atoms with van der Waals surface area (Å²) in [5, 5.41) is 18.2. The number of rotatable bonds is 3. The Morgan fingerprint density at radius 2 is 1.57 bits per heavy atom. The predicted molar refractivity (Wildman–Crippen MR) is 70.7 cm³/mol. The maximum Gasteiger partial charge on any atom is 0.342 e. The Morgan fingerprint density at radius 3 is 2.09 bits per heavy atom. The average molecular weight is 328 g/mol. The number of nitrogens with two attached hydrogens (primary N) is 1. The number of halogens is 3. The highest BCUT2D eigenvalue weighted by atomic mass is 19.2. The fourth-order valence-electron chi connectivity index (χ4n) is 2.04. The van der Waals surface area contributed by atoms with E-state index in [-0.39, 0.29) is 0 Å². The van der Waals surface area contributed by atoms with Crippen LogP contribution in [0, 0.1) is 17.5 Å².